The van der Waals surface area contributed by atoms with Crippen molar-refractivity contribution in [2.75, 3.05) is 6.79 Å². The van der Waals surface area contributed by atoms with Crippen LogP contribution in [0.25, 0.3) is 0 Å². The van der Waals surface area contributed by atoms with Gasteiger partial charge in [-0.25, -0.2) is 0 Å². The zero-order valence-corrected chi connectivity index (χ0v) is 14.2. The molecular weight excluding hydrogens is 344 g/mol. The Bertz CT molecular complexity index is 794. The number of nitrogens with one attached hydrogen (secondary N) is 1. The average Bonchev–Trinajstić information content (AvgIpc) is 3.07. The number of benzene rings is 2. The minimum absolute atomic E-state index is 0.0317. The predicted molar refractivity (Wildman–Crippen MR) is 92.8 cm³/mol. The molecule has 7 nitrogen and oxygen atoms in total. The number of non-ortho nitro benzene ring substituents is 1. The summed E-state index contributed by atoms with van der Waals surface area (Å²) in [6.45, 7) is 2.40. The van der Waals surface area contributed by atoms with E-state index in [1.807, 2.05) is 18.2 Å². The van der Waals surface area contributed by atoms with E-state index in [2.05, 4.69) is 5.32 Å². The van der Waals surface area contributed by atoms with Crippen LogP contribution in [0.1, 0.15) is 12.5 Å². The molecule has 8 heteroatoms. The molecular formula is C17H16N2O5S. The van der Waals surface area contributed by atoms with Crippen LogP contribution < -0.4 is 14.8 Å². The Kier molecular flexibility index (Phi) is 5.08. The summed E-state index contributed by atoms with van der Waals surface area (Å²) in [6, 6.07) is 11.7. The molecule has 130 valence electrons. The summed E-state index contributed by atoms with van der Waals surface area (Å²) in [7, 11) is 0. The number of hydrogen-bond donors (Lipinski definition) is 1. The number of ether oxygens (including phenoxy) is 2. The Morgan fingerprint density at radius 2 is 1.96 bits per heavy atom. The molecule has 0 radical (unpaired) electrons. The lowest BCUT2D eigenvalue weighted by molar-refractivity contribution is -0.384. The third kappa shape index (κ3) is 4.21. The number of carbonyl (C=O) groups is 1. The fourth-order valence-corrected chi connectivity index (χ4v) is 3.18. The maximum atomic E-state index is 12.2. The van der Waals surface area contributed by atoms with Crippen molar-refractivity contribution in [3.63, 3.8) is 0 Å². The Hall–Kier alpha value is -2.74. The highest BCUT2D eigenvalue weighted by molar-refractivity contribution is 8.00. The first kappa shape index (κ1) is 17.1. The second kappa shape index (κ2) is 7.43. The van der Waals surface area contributed by atoms with Crippen molar-refractivity contribution < 1.29 is 19.2 Å². The number of fused-ring (bicyclic) bond motifs is 1. The number of carbonyl (C=O) groups excluding carboxylic acids is 1. The van der Waals surface area contributed by atoms with E-state index in [1.165, 1.54) is 23.9 Å². The highest BCUT2D eigenvalue weighted by atomic mass is 32.2. The van der Waals surface area contributed by atoms with E-state index < -0.39 is 4.92 Å². The highest BCUT2D eigenvalue weighted by Gasteiger charge is 2.16. The summed E-state index contributed by atoms with van der Waals surface area (Å²) in [4.78, 5) is 23.2. The zero-order valence-electron chi connectivity index (χ0n) is 13.4. The van der Waals surface area contributed by atoms with Crippen LogP contribution in [0.5, 0.6) is 11.5 Å². The van der Waals surface area contributed by atoms with Crippen molar-refractivity contribution in [2.24, 2.45) is 0 Å². The maximum absolute atomic E-state index is 12.2. The minimum atomic E-state index is -0.448. The summed E-state index contributed by atoms with van der Waals surface area (Å²) in [5, 5.41) is 13.2. The van der Waals surface area contributed by atoms with Gasteiger partial charge in [0.15, 0.2) is 11.5 Å². The van der Waals surface area contributed by atoms with Gasteiger partial charge in [0.1, 0.15) is 0 Å². The molecule has 0 spiro atoms. The standard InChI is InChI=1S/C17H16N2O5S/c1-11(25-14-5-3-13(4-6-14)19(21)22)17(20)18-9-12-2-7-15-16(8-12)24-10-23-15/h2-8,11H,9-10H2,1H3,(H,18,20)/t11-/m0/s1. The molecule has 0 fully saturated rings. The van der Waals surface area contributed by atoms with Gasteiger partial charge in [-0.2, -0.15) is 0 Å². The Labute approximate surface area is 148 Å². The smallest absolute Gasteiger partial charge is 0.269 e. The Morgan fingerprint density at radius 3 is 2.68 bits per heavy atom. The molecule has 2 aromatic rings. The average molecular weight is 360 g/mol. The lowest BCUT2D eigenvalue weighted by Crippen LogP contribution is -2.30. The van der Waals surface area contributed by atoms with E-state index in [-0.39, 0.29) is 23.6 Å². The van der Waals surface area contributed by atoms with Crippen molar-refractivity contribution in [1.82, 2.24) is 5.32 Å². The number of nitro groups is 1. The molecule has 1 aliphatic rings. The normalized spacial score (nSPS) is 13.3. The quantitative estimate of drug-likeness (QED) is 0.483. The first-order valence-electron chi connectivity index (χ1n) is 7.60. The number of rotatable bonds is 6. The first-order valence-corrected chi connectivity index (χ1v) is 8.48. The van der Waals surface area contributed by atoms with Crippen LogP contribution >= 0.6 is 11.8 Å². The molecule has 0 aliphatic carbocycles. The van der Waals surface area contributed by atoms with E-state index in [0.29, 0.717) is 18.0 Å². The number of amides is 1. The van der Waals surface area contributed by atoms with Crippen molar-refractivity contribution in [3.8, 4) is 11.5 Å². The van der Waals surface area contributed by atoms with Crippen LogP contribution in [0.2, 0.25) is 0 Å². The molecule has 2 aromatic carbocycles. The van der Waals surface area contributed by atoms with Gasteiger partial charge in [-0.05, 0) is 36.8 Å². The number of nitro benzene ring substituents is 1. The fourth-order valence-electron chi connectivity index (χ4n) is 2.29. The van der Waals surface area contributed by atoms with E-state index in [0.717, 1.165) is 10.5 Å². The van der Waals surface area contributed by atoms with Gasteiger partial charge in [0, 0.05) is 23.6 Å². The lowest BCUT2D eigenvalue weighted by Gasteiger charge is -2.12. The zero-order chi connectivity index (χ0) is 17.8. The Morgan fingerprint density at radius 1 is 1.24 bits per heavy atom. The van der Waals surface area contributed by atoms with Crippen LogP contribution in [0.3, 0.4) is 0 Å². The fraction of sp³-hybridized carbons (Fsp3) is 0.235. The van der Waals surface area contributed by atoms with Gasteiger partial charge < -0.3 is 14.8 Å². The van der Waals surface area contributed by atoms with Gasteiger partial charge in [0.25, 0.3) is 5.69 Å². The molecule has 3 rings (SSSR count). The van der Waals surface area contributed by atoms with Crippen molar-refractivity contribution in [3.05, 3.63) is 58.1 Å². The van der Waals surface area contributed by atoms with Gasteiger partial charge >= 0.3 is 0 Å². The molecule has 25 heavy (non-hydrogen) atoms. The van der Waals surface area contributed by atoms with E-state index >= 15 is 0 Å². The Balaban J connectivity index is 1.53. The SMILES string of the molecule is C[C@H](Sc1ccc([N+](=O)[O-])cc1)C(=O)NCc1ccc2c(c1)OCO2. The molecule has 1 atom stereocenters. The summed E-state index contributed by atoms with van der Waals surface area (Å²) >= 11 is 1.35. The van der Waals surface area contributed by atoms with Gasteiger partial charge in [0.2, 0.25) is 12.7 Å². The van der Waals surface area contributed by atoms with Gasteiger partial charge in [-0.3, -0.25) is 14.9 Å². The summed E-state index contributed by atoms with van der Waals surface area (Å²) in [5.41, 5.74) is 0.953. The minimum Gasteiger partial charge on any atom is -0.454 e. The third-order valence-corrected chi connectivity index (χ3v) is 4.75. The highest BCUT2D eigenvalue weighted by Crippen LogP contribution is 2.32. The topological polar surface area (TPSA) is 90.7 Å². The van der Waals surface area contributed by atoms with Crippen LogP contribution in [0.15, 0.2) is 47.4 Å². The van der Waals surface area contributed by atoms with Crippen molar-refractivity contribution >= 4 is 23.4 Å². The van der Waals surface area contributed by atoms with Crippen LogP contribution in [-0.2, 0) is 11.3 Å². The van der Waals surface area contributed by atoms with Crippen LogP contribution in [0, 0.1) is 10.1 Å². The second-order valence-corrected chi connectivity index (χ2v) is 6.83. The van der Waals surface area contributed by atoms with Gasteiger partial charge in [-0.1, -0.05) is 6.07 Å². The summed E-state index contributed by atoms with van der Waals surface area (Å²) < 4.78 is 10.6. The molecule has 1 aliphatic heterocycles. The monoisotopic (exact) mass is 360 g/mol. The van der Waals surface area contributed by atoms with E-state index in [4.69, 9.17) is 9.47 Å². The van der Waals surface area contributed by atoms with E-state index in [1.54, 1.807) is 19.1 Å². The molecule has 0 unspecified atom stereocenters. The van der Waals surface area contributed by atoms with Gasteiger partial charge in [0.05, 0.1) is 10.2 Å². The lowest BCUT2D eigenvalue weighted by atomic mass is 10.2. The molecule has 0 bridgehead atoms. The molecule has 1 amide bonds. The number of thioether (sulfide) groups is 1. The molecule has 0 saturated heterocycles. The maximum Gasteiger partial charge on any atom is 0.269 e. The van der Waals surface area contributed by atoms with Crippen molar-refractivity contribution in [2.45, 2.75) is 23.6 Å². The second-order valence-electron chi connectivity index (χ2n) is 5.42. The molecule has 0 saturated carbocycles. The van der Waals surface area contributed by atoms with Crippen LogP contribution in [-0.4, -0.2) is 22.9 Å². The van der Waals surface area contributed by atoms with Crippen molar-refractivity contribution in [1.29, 1.82) is 0 Å². The number of nitrogens with zero attached hydrogens (tertiary/aromatic N) is 1. The van der Waals surface area contributed by atoms with Gasteiger partial charge in [-0.15, -0.1) is 11.8 Å². The predicted octanol–water partition coefficient (Wildman–Crippen LogP) is 3.12. The third-order valence-electron chi connectivity index (χ3n) is 3.63. The molecule has 1 heterocycles. The van der Waals surface area contributed by atoms with Crippen LogP contribution in [0.4, 0.5) is 5.69 Å². The largest absolute Gasteiger partial charge is 0.454 e. The molecule has 1 N–H and O–H groups in total. The summed E-state index contributed by atoms with van der Waals surface area (Å²) in [5.74, 6) is 1.28. The summed E-state index contributed by atoms with van der Waals surface area (Å²) in [6.07, 6.45) is 0. The number of hydrogen-bond acceptors (Lipinski definition) is 6. The first-order chi connectivity index (χ1) is 12.0. The molecule has 0 aromatic heterocycles. The van der Waals surface area contributed by atoms with E-state index in [9.17, 15) is 14.9 Å².